The van der Waals surface area contributed by atoms with Crippen LogP contribution in [-0.2, 0) is 22.4 Å². The van der Waals surface area contributed by atoms with Crippen LogP contribution in [0.5, 0.6) is 0 Å². The largest absolute Gasteiger partial charge is 0.472 e. The predicted molar refractivity (Wildman–Crippen MR) is 118 cm³/mol. The van der Waals surface area contributed by atoms with E-state index in [0.717, 1.165) is 61.2 Å². The van der Waals surface area contributed by atoms with E-state index < -0.39 is 0 Å². The summed E-state index contributed by atoms with van der Waals surface area (Å²) in [7, 11) is 0. The minimum atomic E-state index is -0.289. The van der Waals surface area contributed by atoms with Crippen molar-refractivity contribution in [1.29, 1.82) is 5.26 Å². The van der Waals surface area contributed by atoms with Gasteiger partial charge >= 0.3 is 6.09 Å². The molecule has 1 aliphatic heterocycles. The molecule has 2 aliphatic rings. The molecule has 0 spiro atoms. The number of nitrogens with zero attached hydrogens (tertiary/aromatic N) is 2. The van der Waals surface area contributed by atoms with E-state index >= 15 is 0 Å². The zero-order valence-electron chi connectivity index (χ0n) is 17.3. The second-order valence-corrected chi connectivity index (χ2v) is 9.04. The molecule has 0 bridgehead atoms. The number of hydrogen-bond acceptors (Lipinski definition) is 6. The SMILES string of the molecule is N#Cc1c(NC(=O)C=Cc2ccoc2)sc2c1CCC(COC(=O)N1CCCCC1)C2. The predicted octanol–water partition coefficient (Wildman–Crippen LogP) is 4.59. The minimum absolute atomic E-state index is 0.216. The van der Waals surface area contributed by atoms with Crippen LogP contribution in [0.2, 0.25) is 0 Å². The summed E-state index contributed by atoms with van der Waals surface area (Å²) >= 11 is 1.45. The fourth-order valence-electron chi connectivity index (χ4n) is 4.06. The molecule has 8 heteroatoms. The lowest BCUT2D eigenvalue weighted by atomic mass is 9.88. The third-order valence-electron chi connectivity index (χ3n) is 5.74. The summed E-state index contributed by atoms with van der Waals surface area (Å²) in [6, 6.07) is 4.01. The van der Waals surface area contributed by atoms with Crippen molar-refractivity contribution in [2.24, 2.45) is 5.92 Å². The van der Waals surface area contributed by atoms with Gasteiger partial charge < -0.3 is 19.4 Å². The first-order valence-electron chi connectivity index (χ1n) is 10.6. The Morgan fingerprint density at radius 3 is 2.94 bits per heavy atom. The Labute approximate surface area is 185 Å². The van der Waals surface area contributed by atoms with Crippen LogP contribution in [-0.4, -0.2) is 36.6 Å². The number of rotatable bonds is 5. The fourth-order valence-corrected chi connectivity index (χ4v) is 5.37. The molecule has 2 aromatic heterocycles. The zero-order chi connectivity index (χ0) is 21.6. The van der Waals surface area contributed by atoms with E-state index in [2.05, 4.69) is 11.4 Å². The lowest BCUT2D eigenvalue weighted by Crippen LogP contribution is -2.37. The lowest BCUT2D eigenvalue weighted by molar-refractivity contribution is -0.111. The molecule has 0 aromatic carbocycles. The number of nitriles is 1. The Morgan fingerprint density at radius 1 is 1.35 bits per heavy atom. The smallest absolute Gasteiger partial charge is 0.409 e. The van der Waals surface area contributed by atoms with Crippen LogP contribution < -0.4 is 5.32 Å². The van der Waals surface area contributed by atoms with Crippen molar-refractivity contribution in [2.45, 2.75) is 38.5 Å². The standard InChI is InChI=1S/C23H25N3O4S/c24-13-19-18-6-4-17(15-30-23(28)26-9-2-1-3-10-26)12-20(18)31-22(19)25-21(27)7-5-16-8-11-29-14-16/h5,7-8,11,14,17H,1-4,6,9-10,12,15H2,(H,25,27). The third-order valence-corrected chi connectivity index (χ3v) is 6.91. The lowest BCUT2D eigenvalue weighted by Gasteiger charge is -2.27. The first-order chi connectivity index (χ1) is 15.1. The summed E-state index contributed by atoms with van der Waals surface area (Å²) in [5, 5.41) is 13.1. The molecule has 31 heavy (non-hydrogen) atoms. The molecule has 2 aromatic rings. The number of furan rings is 1. The summed E-state index contributed by atoms with van der Waals surface area (Å²) in [5.41, 5.74) is 2.36. The van der Waals surface area contributed by atoms with Gasteiger partial charge in [0.1, 0.15) is 11.1 Å². The van der Waals surface area contributed by atoms with Crippen molar-refractivity contribution in [3.63, 3.8) is 0 Å². The molecule has 1 unspecified atom stereocenters. The maximum atomic E-state index is 12.3. The van der Waals surface area contributed by atoms with Gasteiger partial charge in [-0.25, -0.2) is 4.79 Å². The number of carbonyl (C=O) groups is 2. The Hall–Kier alpha value is -3.05. The molecule has 1 atom stereocenters. The average Bonchev–Trinajstić information content (AvgIpc) is 3.43. The summed E-state index contributed by atoms with van der Waals surface area (Å²) < 4.78 is 10.5. The van der Waals surface area contributed by atoms with E-state index in [1.807, 2.05) is 0 Å². The van der Waals surface area contributed by atoms with Crippen molar-refractivity contribution in [2.75, 3.05) is 25.0 Å². The molecule has 162 valence electrons. The normalized spacial score (nSPS) is 18.4. The molecule has 1 aliphatic carbocycles. The van der Waals surface area contributed by atoms with E-state index in [9.17, 15) is 14.9 Å². The van der Waals surface area contributed by atoms with Crippen LogP contribution in [0.4, 0.5) is 9.80 Å². The number of nitrogens with one attached hydrogen (secondary N) is 1. The number of hydrogen-bond donors (Lipinski definition) is 1. The van der Waals surface area contributed by atoms with Crippen LogP contribution in [0, 0.1) is 17.2 Å². The topological polar surface area (TPSA) is 95.6 Å². The first-order valence-corrected chi connectivity index (χ1v) is 11.4. The molecule has 0 saturated carbocycles. The first kappa shape index (κ1) is 21.2. The molecule has 1 N–H and O–H groups in total. The monoisotopic (exact) mass is 439 g/mol. The van der Waals surface area contributed by atoms with Crippen LogP contribution in [0.1, 0.15) is 47.3 Å². The quantitative estimate of drug-likeness (QED) is 0.688. The summed E-state index contributed by atoms with van der Waals surface area (Å²) in [5.74, 6) is -0.0562. The highest BCUT2D eigenvalue weighted by molar-refractivity contribution is 7.16. The van der Waals surface area contributed by atoms with E-state index in [-0.39, 0.29) is 17.9 Å². The molecule has 3 heterocycles. The highest BCUT2D eigenvalue weighted by atomic mass is 32.1. The summed E-state index contributed by atoms with van der Waals surface area (Å²) in [4.78, 5) is 27.4. The number of piperidine rings is 1. The minimum Gasteiger partial charge on any atom is -0.472 e. The number of ether oxygens (including phenoxy) is 1. The maximum Gasteiger partial charge on any atom is 0.409 e. The molecule has 1 fully saturated rings. The van der Waals surface area contributed by atoms with Gasteiger partial charge in [-0.2, -0.15) is 5.26 Å². The maximum absolute atomic E-state index is 12.3. The highest BCUT2D eigenvalue weighted by Gasteiger charge is 2.28. The van der Waals surface area contributed by atoms with E-state index in [1.54, 1.807) is 29.6 Å². The highest BCUT2D eigenvalue weighted by Crippen LogP contribution is 2.39. The summed E-state index contributed by atoms with van der Waals surface area (Å²) in [6.07, 6.45) is 11.6. The second-order valence-electron chi connectivity index (χ2n) is 7.93. The Bertz CT molecular complexity index is 997. The number of carbonyl (C=O) groups excluding carboxylic acids is 2. The van der Waals surface area contributed by atoms with E-state index in [1.165, 1.54) is 23.8 Å². The molecule has 4 rings (SSSR count). The molecular formula is C23H25N3O4S. The van der Waals surface area contributed by atoms with Gasteiger partial charge in [0.2, 0.25) is 5.91 Å². The summed E-state index contributed by atoms with van der Waals surface area (Å²) in [6.45, 7) is 1.95. The molecule has 2 amide bonds. The van der Waals surface area contributed by atoms with Gasteiger partial charge in [0, 0.05) is 29.6 Å². The van der Waals surface area contributed by atoms with Gasteiger partial charge in [0.05, 0.1) is 24.7 Å². The molecule has 0 radical (unpaired) electrons. The van der Waals surface area contributed by atoms with Crippen LogP contribution in [0.25, 0.3) is 6.08 Å². The Kier molecular flexibility index (Phi) is 6.73. The van der Waals surface area contributed by atoms with Gasteiger partial charge in [-0.1, -0.05) is 0 Å². The van der Waals surface area contributed by atoms with Gasteiger partial charge in [0.15, 0.2) is 0 Å². The Balaban J connectivity index is 1.36. The van der Waals surface area contributed by atoms with Crippen molar-refractivity contribution in [1.82, 2.24) is 4.90 Å². The average molecular weight is 440 g/mol. The van der Waals surface area contributed by atoms with Crippen molar-refractivity contribution >= 4 is 34.4 Å². The second kappa shape index (κ2) is 9.84. The van der Waals surface area contributed by atoms with Gasteiger partial charge in [-0.05, 0) is 62.1 Å². The number of thiophene rings is 1. The van der Waals surface area contributed by atoms with Crippen molar-refractivity contribution in [3.8, 4) is 6.07 Å². The van der Waals surface area contributed by atoms with Gasteiger partial charge in [0.25, 0.3) is 0 Å². The number of anilines is 1. The van der Waals surface area contributed by atoms with Gasteiger partial charge in [-0.15, -0.1) is 11.3 Å². The molecule has 1 saturated heterocycles. The van der Waals surface area contributed by atoms with Crippen LogP contribution in [0.15, 0.2) is 29.1 Å². The van der Waals surface area contributed by atoms with Crippen molar-refractivity contribution in [3.05, 3.63) is 46.2 Å². The number of likely N-dealkylation sites (tertiary alicyclic amines) is 1. The third kappa shape index (κ3) is 5.17. The number of fused-ring (bicyclic) bond motifs is 1. The molecular weight excluding hydrogens is 414 g/mol. The number of amides is 2. The fraction of sp³-hybridized carbons (Fsp3) is 0.435. The van der Waals surface area contributed by atoms with E-state index in [0.29, 0.717) is 17.2 Å². The van der Waals surface area contributed by atoms with Crippen molar-refractivity contribution < 1.29 is 18.7 Å². The van der Waals surface area contributed by atoms with Crippen LogP contribution in [0.3, 0.4) is 0 Å². The zero-order valence-corrected chi connectivity index (χ0v) is 18.1. The van der Waals surface area contributed by atoms with Gasteiger partial charge in [-0.3, -0.25) is 4.79 Å². The van der Waals surface area contributed by atoms with Crippen LogP contribution >= 0.6 is 11.3 Å². The van der Waals surface area contributed by atoms with E-state index in [4.69, 9.17) is 9.15 Å². The Morgan fingerprint density at radius 2 is 2.19 bits per heavy atom. The molecule has 7 nitrogen and oxygen atoms in total.